The maximum atomic E-state index is 13.0. The Labute approximate surface area is 106 Å². The van der Waals surface area contributed by atoms with Crippen molar-refractivity contribution in [3.8, 4) is 0 Å². The van der Waals surface area contributed by atoms with Gasteiger partial charge in [-0.05, 0) is 32.0 Å². The molecule has 0 aliphatic rings. The summed E-state index contributed by atoms with van der Waals surface area (Å²) in [6, 6.07) is 5.45. The number of hydrogen-bond donors (Lipinski definition) is 1. The summed E-state index contributed by atoms with van der Waals surface area (Å²) in [5.74, 6) is -1.03. The van der Waals surface area contributed by atoms with Gasteiger partial charge < -0.3 is 10.2 Å². The summed E-state index contributed by atoms with van der Waals surface area (Å²) in [7, 11) is 0. The molecule has 18 heavy (non-hydrogen) atoms. The second-order valence-electron chi connectivity index (χ2n) is 3.78. The fraction of sp³-hybridized carbons (Fsp3) is 0.385. The van der Waals surface area contributed by atoms with Crippen LogP contribution in [-0.4, -0.2) is 36.3 Å². The molecule has 0 bridgehead atoms. The lowest BCUT2D eigenvalue weighted by Gasteiger charge is -2.20. The van der Waals surface area contributed by atoms with Crippen LogP contribution in [0.5, 0.6) is 0 Å². The predicted octanol–water partition coefficient (Wildman–Crippen LogP) is 1.42. The van der Waals surface area contributed by atoms with Gasteiger partial charge in [-0.1, -0.05) is 6.07 Å². The number of carbonyl (C=O) groups is 2. The molecule has 0 heterocycles. The van der Waals surface area contributed by atoms with E-state index in [9.17, 15) is 14.0 Å². The van der Waals surface area contributed by atoms with Crippen molar-refractivity contribution in [1.82, 2.24) is 10.2 Å². The maximum absolute atomic E-state index is 13.0. The molecule has 0 radical (unpaired) electrons. The van der Waals surface area contributed by atoms with Gasteiger partial charge >= 0.3 is 0 Å². The Kier molecular flexibility index (Phi) is 5.30. The molecule has 2 amide bonds. The van der Waals surface area contributed by atoms with Crippen molar-refractivity contribution in [1.29, 1.82) is 0 Å². The standard InChI is InChI=1S/C13H17FN2O2/c1-3-15-12(17)9-16(4-2)13(18)10-6-5-7-11(14)8-10/h5-8H,3-4,9H2,1-2H3,(H,15,17). The highest BCUT2D eigenvalue weighted by atomic mass is 19.1. The second-order valence-corrected chi connectivity index (χ2v) is 3.78. The normalized spacial score (nSPS) is 9.94. The Morgan fingerprint density at radius 1 is 1.33 bits per heavy atom. The maximum Gasteiger partial charge on any atom is 0.254 e. The number of nitrogens with zero attached hydrogens (tertiary/aromatic N) is 1. The largest absolute Gasteiger partial charge is 0.355 e. The highest BCUT2D eigenvalue weighted by Gasteiger charge is 2.17. The van der Waals surface area contributed by atoms with E-state index in [0.29, 0.717) is 13.1 Å². The van der Waals surface area contributed by atoms with Crippen molar-refractivity contribution >= 4 is 11.8 Å². The molecule has 0 unspecified atom stereocenters. The van der Waals surface area contributed by atoms with Crippen LogP contribution >= 0.6 is 0 Å². The summed E-state index contributed by atoms with van der Waals surface area (Å²) in [4.78, 5) is 24.9. The summed E-state index contributed by atoms with van der Waals surface area (Å²) in [6.07, 6.45) is 0. The van der Waals surface area contributed by atoms with E-state index in [1.807, 2.05) is 6.92 Å². The highest BCUT2D eigenvalue weighted by Crippen LogP contribution is 2.07. The molecule has 0 aromatic heterocycles. The molecule has 4 nitrogen and oxygen atoms in total. The number of amides is 2. The summed E-state index contributed by atoms with van der Waals surface area (Å²) in [6.45, 7) is 4.48. The average molecular weight is 252 g/mol. The second kappa shape index (κ2) is 6.74. The zero-order chi connectivity index (χ0) is 13.5. The van der Waals surface area contributed by atoms with Crippen LogP contribution in [0.4, 0.5) is 4.39 Å². The minimum Gasteiger partial charge on any atom is -0.355 e. The van der Waals surface area contributed by atoms with Crippen molar-refractivity contribution < 1.29 is 14.0 Å². The predicted molar refractivity (Wildman–Crippen MR) is 66.7 cm³/mol. The Bertz CT molecular complexity index is 435. The van der Waals surface area contributed by atoms with Gasteiger partial charge in [-0.2, -0.15) is 0 Å². The number of nitrogens with one attached hydrogen (secondary N) is 1. The van der Waals surface area contributed by atoms with Crippen LogP contribution in [0.15, 0.2) is 24.3 Å². The Balaban J connectivity index is 2.76. The smallest absolute Gasteiger partial charge is 0.254 e. The molecule has 1 N–H and O–H groups in total. The minimum atomic E-state index is -0.463. The molecule has 0 fully saturated rings. The van der Waals surface area contributed by atoms with Crippen LogP contribution in [0.25, 0.3) is 0 Å². The van der Waals surface area contributed by atoms with Gasteiger partial charge in [0.1, 0.15) is 5.82 Å². The van der Waals surface area contributed by atoms with E-state index < -0.39 is 5.82 Å². The minimum absolute atomic E-state index is 0.0142. The zero-order valence-corrected chi connectivity index (χ0v) is 10.6. The first kappa shape index (κ1) is 14.2. The monoisotopic (exact) mass is 252 g/mol. The molecule has 0 atom stereocenters. The number of hydrogen-bond acceptors (Lipinski definition) is 2. The summed E-state index contributed by atoms with van der Waals surface area (Å²) >= 11 is 0. The van der Waals surface area contributed by atoms with Gasteiger partial charge in [-0.25, -0.2) is 4.39 Å². The number of halogens is 1. The molecule has 1 aromatic carbocycles. The summed E-state index contributed by atoms with van der Waals surface area (Å²) in [5.41, 5.74) is 0.251. The number of carbonyl (C=O) groups excluding carboxylic acids is 2. The molecule has 5 heteroatoms. The molecule has 0 saturated heterocycles. The van der Waals surface area contributed by atoms with Crippen LogP contribution < -0.4 is 5.32 Å². The fourth-order valence-corrected chi connectivity index (χ4v) is 1.56. The van der Waals surface area contributed by atoms with Crippen molar-refractivity contribution in [3.05, 3.63) is 35.6 Å². The Morgan fingerprint density at radius 2 is 2.06 bits per heavy atom. The Morgan fingerprint density at radius 3 is 2.61 bits per heavy atom. The van der Waals surface area contributed by atoms with E-state index in [-0.39, 0.29) is 23.9 Å². The van der Waals surface area contributed by atoms with E-state index in [2.05, 4.69) is 5.32 Å². The van der Waals surface area contributed by atoms with Crippen molar-refractivity contribution in [2.45, 2.75) is 13.8 Å². The summed E-state index contributed by atoms with van der Waals surface area (Å²) in [5, 5.41) is 2.62. The van der Waals surface area contributed by atoms with Gasteiger partial charge in [0.05, 0.1) is 6.54 Å². The lowest BCUT2D eigenvalue weighted by molar-refractivity contribution is -0.121. The fourth-order valence-electron chi connectivity index (χ4n) is 1.56. The molecular formula is C13H17FN2O2. The molecular weight excluding hydrogens is 235 g/mol. The topological polar surface area (TPSA) is 49.4 Å². The van der Waals surface area contributed by atoms with E-state index in [1.165, 1.54) is 29.2 Å². The van der Waals surface area contributed by atoms with E-state index in [1.54, 1.807) is 6.92 Å². The van der Waals surface area contributed by atoms with Crippen LogP contribution in [0.2, 0.25) is 0 Å². The molecule has 0 spiro atoms. The molecule has 0 aliphatic heterocycles. The highest BCUT2D eigenvalue weighted by molar-refractivity contribution is 5.96. The van der Waals surface area contributed by atoms with Gasteiger partial charge in [-0.15, -0.1) is 0 Å². The zero-order valence-electron chi connectivity index (χ0n) is 10.6. The van der Waals surface area contributed by atoms with Crippen LogP contribution in [0.1, 0.15) is 24.2 Å². The lowest BCUT2D eigenvalue weighted by Crippen LogP contribution is -2.40. The first-order chi connectivity index (χ1) is 8.58. The van der Waals surface area contributed by atoms with E-state index >= 15 is 0 Å². The van der Waals surface area contributed by atoms with Crippen LogP contribution in [-0.2, 0) is 4.79 Å². The third-order valence-electron chi connectivity index (χ3n) is 2.45. The molecule has 0 aliphatic carbocycles. The average Bonchev–Trinajstić information content (AvgIpc) is 2.35. The molecule has 1 rings (SSSR count). The third kappa shape index (κ3) is 3.84. The molecule has 1 aromatic rings. The molecule has 0 saturated carbocycles. The third-order valence-corrected chi connectivity index (χ3v) is 2.45. The van der Waals surface area contributed by atoms with Gasteiger partial charge in [0, 0.05) is 18.7 Å². The van der Waals surface area contributed by atoms with E-state index in [4.69, 9.17) is 0 Å². The number of rotatable bonds is 5. The van der Waals surface area contributed by atoms with Crippen LogP contribution in [0, 0.1) is 5.82 Å². The van der Waals surface area contributed by atoms with E-state index in [0.717, 1.165) is 0 Å². The van der Waals surface area contributed by atoms with Crippen molar-refractivity contribution in [3.63, 3.8) is 0 Å². The SMILES string of the molecule is CCNC(=O)CN(CC)C(=O)c1cccc(F)c1. The number of likely N-dealkylation sites (N-methyl/N-ethyl adjacent to an activating group) is 2. The summed E-state index contributed by atoms with van der Waals surface area (Å²) < 4.78 is 13.0. The number of benzene rings is 1. The first-order valence-corrected chi connectivity index (χ1v) is 5.90. The van der Waals surface area contributed by atoms with Gasteiger partial charge in [0.25, 0.3) is 5.91 Å². The Hall–Kier alpha value is -1.91. The van der Waals surface area contributed by atoms with Gasteiger partial charge in [0.15, 0.2) is 0 Å². The molecule has 98 valence electrons. The van der Waals surface area contributed by atoms with Crippen molar-refractivity contribution in [2.24, 2.45) is 0 Å². The van der Waals surface area contributed by atoms with Crippen molar-refractivity contribution in [2.75, 3.05) is 19.6 Å². The van der Waals surface area contributed by atoms with Crippen LogP contribution in [0.3, 0.4) is 0 Å². The lowest BCUT2D eigenvalue weighted by atomic mass is 10.2. The quantitative estimate of drug-likeness (QED) is 0.861. The van der Waals surface area contributed by atoms with Gasteiger partial charge in [0.2, 0.25) is 5.91 Å². The van der Waals surface area contributed by atoms with Gasteiger partial charge in [-0.3, -0.25) is 9.59 Å². The first-order valence-electron chi connectivity index (χ1n) is 5.90.